The lowest BCUT2D eigenvalue weighted by atomic mass is 9.64. The maximum atomic E-state index is 4.17. The Hall–Kier alpha value is -0.330. The zero-order chi connectivity index (χ0) is 7.42. The van der Waals surface area contributed by atoms with Gasteiger partial charge >= 0.3 is 0 Å². The fourth-order valence-corrected chi connectivity index (χ4v) is 3.62. The van der Waals surface area contributed by atoms with Crippen LogP contribution in [0, 0.1) is 11.8 Å². The highest BCUT2D eigenvalue weighted by molar-refractivity contribution is 5.16. The van der Waals surface area contributed by atoms with Gasteiger partial charge in [0.05, 0.1) is 0 Å². The molecule has 0 atom stereocenters. The van der Waals surface area contributed by atoms with Crippen molar-refractivity contribution >= 4 is 6.72 Å². The van der Waals surface area contributed by atoms with E-state index in [1.54, 1.807) is 6.42 Å². The van der Waals surface area contributed by atoms with Crippen LogP contribution in [-0.4, -0.2) is 23.4 Å². The van der Waals surface area contributed by atoms with E-state index in [1.807, 2.05) is 0 Å². The molecule has 1 nitrogen and oxygen atoms in total. The van der Waals surface area contributed by atoms with Crippen LogP contribution in [0.1, 0.15) is 32.1 Å². The van der Waals surface area contributed by atoms with Gasteiger partial charge < -0.3 is 0 Å². The summed E-state index contributed by atoms with van der Waals surface area (Å²) in [6.07, 6.45) is 7.36. The molecule has 11 heavy (non-hydrogen) atoms. The van der Waals surface area contributed by atoms with Crippen molar-refractivity contribution in [2.75, 3.05) is 0 Å². The second-order valence-corrected chi connectivity index (χ2v) is 4.73. The predicted molar refractivity (Wildman–Crippen MR) is 45.0 cm³/mol. The summed E-state index contributed by atoms with van der Waals surface area (Å²) in [6.45, 7) is 4.17. The summed E-state index contributed by atoms with van der Waals surface area (Å²) >= 11 is 0. The Morgan fingerprint density at radius 3 is 1.73 bits per heavy atom. The van der Waals surface area contributed by atoms with Gasteiger partial charge in [0.15, 0.2) is 12.1 Å². The molecule has 0 N–H and O–H groups in total. The van der Waals surface area contributed by atoms with E-state index in [-0.39, 0.29) is 0 Å². The summed E-state index contributed by atoms with van der Waals surface area (Å²) in [5.41, 5.74) is 0. The van der Waals surface area contributed by atoms with Gasteiger partial charge in [0.25, 0.3) is 0 Å². The van der Waals surface area contributed by atoms with Gasteiger partial charge in [-0.25, -0.2) is 4.58 Å². The molecule has 4 fully saturated rings. The van der Waals surface area contributed by atoms with E-state index in [4.69, 9.17) is 0 Å². The molecule has 0 aromatic rings. The molecule has 4 rings (SSSR count). The lowest BCUT2D eigenvalue weighted by Crippen LogP contribution is -2.52. The molecular formula is C10H16N+. The third-order valence-electron chi connectivity index (χ3n) is 4.03. The van der Waals surface area contributed by atoms with E-state index >= 15 is 0 Å². The van der Waals surface area contributed by atoms with E-state index in [1.165, 1.54) is 25.7 Å². The van der Waals surface area contributed by atoms with Crippen LogP contribution in [0.15, 0.2) is 0 Å². The second-order valence-electron chi connectivity index (χ2n) is 4.73. The van der Waals surface area contributed by atoms with Crippen molar-refractivity contribution in [2.45, 2.75) is 44.2 Å². The lowest BCUT2D eigenvalue weighted by Gasteiger charge is -2.46. The van der Waals surface area contributed by atoms with E-state index < -0.39 is 0 Å². The molecule has 0 spiro atoms. The van der Waals surface area contributed by atoms with Crippen molar-refractivity contribution in [3.8, 4) is 0 Å². The normalized spacial score (nSPS) is 53.6. The molecule has 0 amide bonds. The molecule has 1 heteroatoms. The molecule has 0 aromatic carbocycles. The van der Waals surface area contributed by atoms with Crippen LogP contribution in [0.2, 0.25) is 0 Å². The molecule has 2 aliphatic carbocycles. The first kappa shape index (κ1) is 6.22. The number of hydrogen-bond acceptors (Lipinski definition) is 0. The number of nitrogens with zero attached hydrogens (tertiary/aromatic N) is 1. The van der Waals surface area contributed by atoms with Crippen molar-refractivity contribution in [1.29, 1.82) is 0 Å². The Morgan fingerprint density at radius 2 is 1.27 bits per heavy atom. The van der Waals surface area contributed by atoms with Gasteiger partial charge in [0, 0.05) is 25.7 Å². The Balaban J connectivity index is 1.96. The highest BCUT2D eigenvalue weighted by atomic mass is 15.1. The molecule has 2 aliphatic heterocycles. The Labute approximate surface area is 68.1 Å². The highest BCUT2D eigenvalue weighted by Crippen LogP contribution is 2.46. The van der Waals surface area contributed by atoms with Crippen molar-refractivity contribution in [1.82, 2.24) is 0 Å². The summed E-state index contributed by atoms with van der Waals surface area (Å²) in [6, 6.07) is 1.73. The minimum absolute atomic E-state index is 0.867. The average Bonchev–Trinajstić information content (AvgIpc) is 1.98. The van der Waals surface area contributed by atoms with Crippen LogP contribution in [0.3, 0.4) is 0 Å². The fourth-order valence-electron chi connectivity index (χ4n) is 3.62. The molecular weight excluding hydrogens is 134 g/mol. The first-order valence-corrected chi connectivity index (χ1v) is 4.92. The summed E-state index contributed by atoms with van der Waals surface area (Å²) in [7, 11) is 0. The topological polar surface area (TPSA) is 3.01 Å². The molecule has 2 saturated heterocycles. The van der Waals surface area contributed by atoms with Crippen molar-refractivity contribution in [3.63, 3.8) is 0 Å². The molecule has 4 aliphatic rings. The minimum atomic E-state index is 0.867. The number of piperidine rings is 2. The van der Waals surface area contributed by atoms with Crippen LogP contribution >= 0.6 is 0 Å². The molecule has 2 saturated carbocycles. The summed E-state index contributed by atoms with van der Waals surface area (Å²) in [4.78, 5) is 0. The van der Waals surface area contributed by atoms with E-state index in [9.17, 15) is 0 Å². The molecule has 2 heterocycles. The molecule has 0 aromatic heterocycles. The van der Waals surface area contributed by atoms with Gasteiger partial charge in [-0.3, -0.25) is 0 Å². The quantitative estimate of drug-likeness (QED) is 0.462. The molecule has 60 valence electrons. The van der Waals surface area contributed by atoms with Crippen LogP contribution < -0.4 is 0 Å². The van der Waals surface area contributed by atoms with Gasteiger partial charge in [-0.15, -0.1) is 0 Å². The molecule has 0 radical (unpaired) electrons. The monoisotopic (exact) mass is 150 g/mol. The number of rotatable bonds is 0. The van der Waals surface area contributed by atoms with Crippen molar-refractivity contribution in [2.24, 2.45) is 11.8 Å². The summed E-state index contributed by atoms with van der Waals surface area (Å²) < 4.78 is 2.41. The smallest absolute Gasteiger partial charge is 0.152 e. The van der Waals surface area contributed by atoms with Gasteiger partial charge in [-0.1, -0.05) is 0 Å². The second kappa shape index (κ2) is 1.88. The standard InChI is InChI=1S/C10H16N/c1-11-9-3-7-2-8(5-9)6-10(11)4-7/h7-10H,1-6H2/q+1. The van der Waals surface area contributed by atoms with Gasteiger partial charge in [-0.2, -0.15) is 0 Å². The first-order chi connectivity index (χ1) is 5.33. The number of hydrogen-bond donors (Lipinski definition) is 0. The Kier molecular flexibility index (Phi) is 1.06. The predicted octanol–water partition coefficient (Wildman–Crippen LogP) is 1.66. The maximum Gasteiger partial charge on any atom is 0.152 e. The van der Waals surface area contributed by atoms with E-state index in [2.05, 4.69) is 11.3 Å². The Bertz CT molecular complexity index is 177. The third-order valence-corrected chi connectivity index (χ3v) is 4.03. The first-order valence-electron chi connectivity index (χ1n) is 4.92. The molecule has 4 bridgehead atoms. The van der Waals surface area contributed by atoms with Crippen molar-refractivity contribution < 1.29 is 4.58 Å². The van der Waals surface area contributed by atoms with E-state index in [0.29, 0.717) is 0 Å². The minimum Gasteiger partial charge on any atom is -0.237 e. The maximum absolute atomic E-state index is 4.17. The third kappa shape index (κ3) is 0.743. The van der Waals surface area contributed by atoms with Crippen LogP contribution in [0.4, 0.5) is 0 Å². The van der Waals surface area contributed by atoms with Crippen molar-refractivity contribution in [3.05, 3.63) is 0 Å². The summed E-state index contributed by atoms with van der Waals surface area (Å²) in [5, 5.41) is 0. The zero-order valence-corrected chi connectivity index (χ0v) is 7.00. The fraction of sp³-hybridized carbons (Fsp3) is 0.900. The summed E-state index contributed by atoms with van der Waals surface area (Å²) in [5.74, 6) is 2.16. The highest BCUT2D eigenvalue weighted by Gasteiger charge is 2.49. The van der Waals surface area contributed by atoms with Crippen LogP contribution in [0.5, 0.6) is 0 Å². The lowest BCUT2D eigenvalue weighted by molar-refractivity contribution is -0.629. The zero-order valence-electron chi connectivity index (χ0n) is 7.00. The molecule has 0 unspecified atom stereocenters. The van der Waals surface area contributed by atoms with E-state index in [0.717, 1.165) is 23.9 Å². The largest absolute Gasteiger partial charge is 0.237 e. The van der Waals surface area contributed by atoms with Gasteiger partial charge in [-0.05, 0) is 18.3 Å². The van der Waals surface area contributed by atoms with Gasteiger partial charge in [0.1, 0.15) is 6.72 Å². The van der Waals surface area contributed by atoms with Crippen LogP contribution in [0.25, 0.3) is 0 Å². The Morgan fingerprint density at radius 1 is 0.818 bits per heavy atom. The average molecular weight is 150 g/mol. The van der Waals surface area contributed by atoms with Gasteiger partial charge in [0.2, 0.25) is 0 Å². The van der Waals surface area contributed by atoms with Crippen LogP contribution in [-0.2, 0) is 0 Å². The SMILES string of the molecule is C=[N+]1C2CC3CC(C2)CC1C3.